The molecule has 0 radical (unpaired) electrons. The van der Waals surface area contributed by atoms with E-state index in [0.29, 0.717) is 21.9 Å². The minimum atomic E-state index is -0.517. The predicted octanol–water partition coefficient (Wildman–Crippen LogP) is 4.11. The van der Waals surface area contributed by atoms with Crippen LogP contribution < -0.4 is 4.74 Å². The van der Waals surface area contributed by atoms with Gasteiger partial charge < -0.3 is 14.5 Å². The number of benzene rings is 2. The van der Waals surface area contributed by atoms with E-state index in [9.17, 15) is 9.59 Å². The molecule has 0 bridgehead atoms. The summed E-state index contributed by atoms with van der Waals surface area (Å²) in [5, 5.41) is 1.32. The number of halogens is 1. The largest absolute Gasteiger partial charge is 0.496 e. The molecule has 1 heterocycles. The number of hydrogen-bond donors (Lipinski definition) is 1. The van der Waals surface area contributed by atoms with Gasteiger partial charge in [-0.2, -0.15) is 0 Å². The van der Waals surface area contributed by atoms with E-state index in [1.807, 2.05) is 31.2 Å². The van der Waals surface area contributed by atoms with Crippen LogP contribution in [-0.4, -0.2) is 30.5 Å². The van der Waals surface area contributed by atoms with E-state index in [4.69, 9.17) is 21.1 Å². The van der Waals surface area contributed by atoms with E-state index in [-0.39, 0.29) is 18.8 Å². The summed E-state index contributed by atoms with van der Waals surface area (Å²) in [6.07, 6.45) is -0.0239. The Morgan fingerprint density at radius 1 is 1.15 bits per heavy atom. The van der Waals surface area contributed by atoms with Gasteiger partial charge in [0.2, 0.25) is 5.78 Å². The van der Waals surface area contributed by atoms with Crippen LogP contribution in [0.4, 0.5) is 0 Å². The zero-order valence-corrected chi connectivity index (χ0v) is 15.2. The molecule has 1 aromatic heterocycles. The van der Waals surface area contributed by atoms with Crippen molar-refractivity contribution in [2.24, 2.45) is 0 Å². The lowest BCUT2D eigenvalue weighted by molar-refractivity contribution is -0.141. The van der Waals surface area contributed by atoms with Crippen molar-refractivity contribution in [1.82, 2.24) is 4.98 Å². The fraction of sp³-hybridized carbons (Fsp3) is 0.200. The van der Waals surface area contributed by atoms with Gasteiger partial charge in [0.1, 0.15) is 5.75 Å². The van der Waals surface area contributed by atoms with Crippen LogP contribution >= 0.6 is 11.6 Å². The van der Waals surface area contributed by atoms with Crippen LogP contribution in [0.1, 0.15) is 21.6 Å². The van der Waals surface area contributed by atoms with Crippen molar-refractivity contribution in [3.05, 3.63) is 64.3 Å². The van der Waals surface area contributed by atoms with Crippen molar-refractivity contribution < 1.29 is 19.1 Å². The number of aromatic nitrogens is 1. The first-order chi connectivity index (χ1) is 12.5. The summed E-state index contributed by atoms with van der Waals surface area (Å²) in [5.74, 6) is -0.215. The number of H-pyrrole nitrogens is 1. The number of ketones is 1. The van der Waals surface area contributed by atoms with Crippen molar-refractivity contribution in [2.75, 3.05) is 13.7 Å². The molecule has 0 amide bonds. The third-order valence-corrected chi connectivity index (χ3v) is 4.35. The summed E-state index contributed by atoms with van der Waals surface area (Å²) in [4.78, 5) is 27.8. The van der Waals surface area contributed by atoms with E-state index < -0.39 is 5.97 Å². The fourth-order valence-electron chi connectivity index (χ4n) is 2.95. The van der Waals surface area contributed by atoms with E-state index in [1.165, 1.54) is 7.11 Å². The maximum Gasteiger partial charge on any atom is 0.310 e. The Morgan fingerprint density at radius 3 is 2.69 bits per heavy atom. The van der Waals surface area contributed by atoms with Crippen LogP contribution in [0.25, 0.3) is 10.9 Å². The van der Waals surface area contributed by atoms with Gasteiger partial charge in [-0.25, -0.2) is 0 Å². The molecule has 3 aromatic rings. The van der Waals surface area contributed by atoms with Crippen molar-refractivity contribution in [3.63, 3.8) is 0 Å². The van der Waals surface area contributed by atoms with Crippen LogP contribution in [0.5, 0.6) is 5.75 Å². The predicted molar refractivity (Wildman–Crippen MR) is 100 cm³/mol. The minimum Gasteiger partial charge on any atom is -0.496 e. The molecule has 5 nitrogen and oxygen atoms in total. The Bertz CT molecular complexity index is 977. The number of fused-ring (bicyclic) bond motifs is 1. The number of carbonyl (C=O) groups is 2. The maximum absolute atomic E-state index is 12.5. The molecular weight excluding hydrogens is 354 g/mol. The lowest BCUT2D eigenvalue weighted by Crippen LogP contribution is -2.16. The standard InChI is InChI=1S/C20H18ClNO4/c1-12-20(15-5-3-4-6-16(15)22-12)17(23)11-26-19(24)10-13-9-14(21)7-8-18(13)25-2/h3-9,22H,10-11H2,1-2H3. The van der Waals surface area contributed by atoms with Gasteiger partial charge in [-0.05, 0) is 31.2 Å². The quantitative estimate of drug-likeness (QED) is 0.523. The zero-order valence-electron chi connectivity index (χ0n) is 14.5. The average molecular weight is 372 g/mol. The van der Waals surface area contributed by atoms with Gasteiger partial charge in [-0.15, -0.1) is 0 Å². The fourth-order valence-corrected chi connectivity index (χ4v) is 3.14. The van der Waals surface area contributed by atoms with Crippen molar-refractivity contribution >= 4 is 34.3 Å². The molecule has 0 unspecified atom stereocenters. The number of hydrogen-bond acceptors (Lipinski definition) is 4. The molecule has 0 saturated carbocycles. The minimum absolute atomic E-state index is 0.0239. The van der Waals surface area contributed by atoms with E-state index in [1.54, 1.807) is 18.2 Å². The normalized spacial score (nSPS) is 10.7. The number of nitrogens with one attached hydrogen (secondary N) is 1. The number of para-hydroxylation sites is 1. The molecule has 3 rings (SSSR count). The smallest absolute Gasteiger partial charge is 0.310 e. The summed E-state index contributed by atoms with van der Waals surface area (Å²) in [6.45, 7) is 1.51. The molecule has 0 fully saturated rings. The molecule has 0 atom stereocenters. The van der Waals surface area contributed by atoms with Gasteiger partial charge in [0.05, 0.1) is 13.5 Å². The van der Waals surface area contributed by atoms with E-state index in [2.05, 4.69) is 4.98 Å². The molecular formula is C20H18ClNO4. The SMILES string of the molecule is COc1ccc(Cl)cc1CC(=O)OCC(=O)c1c(C)[nH]c2ccccc12. The van der Waals surface area contributed by atoms with Gasteiger partial charge >= 0.3 is 5.97 Å². The number of Topliss-reactive ketones (excluding diaryl/α,β-unsaturated/α-hetero) is 1. The molecule has 0 saturated heterocycles. The highest BCUT2D eigenvalue weighted by molar-refractivity contribution is 6.30. The third-order valence-electron chi connectivity index (χ3n) is 4.11. The first-order valence-electron chi connectivity index (χ1n) is 8.08. The summed E-state index contributed by atoms with van der Waals surface area (Å²) < 4.78 is 10.4. The number of aromatic amines is 1. The Labute approximate surface area is 155 Å². The number of carbonyl (C=O) groups excluding carboxylic acids is 2. The van der Waals surface area contributed by atoms with Gasteiger partial charge in [0.15, 0.2) is 6.61 Å². The second-order valence-corrected chi connectivity index (χ2v) is 6.32. The lowest BCUT2D eigenvalue weighted by Gasteiger charge is -2.09. The first-order valence-corrected chi connectivity index (χ1v) is 8.46. The Morgan fingerprint density at radius 2 is 1.92 bits per heavy atom. The number of ether oxygens (including phenoxy) is 2. The van der Waals surface area contributed by atoms with E-state index >= 15 is 0 Å². The first kappa shape index (κ1) is 18.0. The van der Waals surface area contributed by atoms with Crippen molar-refractivity contribution in [1.29, 1.82) is 0 Å². The molecule has 134 valence electrons. The summed E-state index contributed by atoms with van der Waals surface area (Å²) in [7, 11) is 1.52. The van der Waals surface area contributed by atoms with Gasteiger partial charge in [0, 0.05) is 32.7 Å². The second-order valence-electron chi connectivity index (χ2n) is 5.89. The molecule has 0 aliphatic heterocycles. The van der Waals surface area contributed by atoms with Gasteiger partial charge in [0.25, 0.3) is 0 Å². The summed E-state index contributed by atoms with van der Waals surface area (Å²) >= 11 is 5.96. The monoisotopic (exact) mass is 371 g/mol. The number of rotatable bonds is 6. The summed E-state index contributed by atoms with van der Waals surface area (Å²) in [5.41, 5.74) is 2.79. The Kier molecular flexibility index (Phi) is 5.28. The molecule has 26 heavy (non-hydrogen) atoms. The van der Waals surface area contributed by atoms with Crippen LogP contribution in [0.15, 0.2) is 42.5 Å². The van der Waals surface area contributed by atoms with Crippen LogP contribution in [0, 0.1) is 6.92 Å². The highest BCUT2D eigenvalue weighted by Crippen LogP contribution is 2.24. The molecule has 6 heteroatoms. The Hall–Kier alpha value is -2.79. The van der Waals surface area contributed by atoms with E-state index in [0.717, 1.165) is 16.6 Å². The molecule has 2 aromatic carbocycles. The summed E-state index contributed by atoms with van der Waals surface area (Å²) in [6, 6.07) is 12.5. The third kappa shape index (κ3) is 3.73. The maximum atomic E-state index is 12.5. The molecule has 0 spiro atoms. The van der Waals surface area contributed by atoms with Crippen LogP contribution in [0.3, 0.4) is 0 Å². The van der Waals surface area contributed by atoms with Gasteiger partial charge in [-0.1, -0.05) is 29.8 Å². The van der Waals surface area contributed by atoms with Crippen molar-refractivity contribution in [3.8, 4) is 5.75 Å². The number of aryl methyl sites for hydroxylation is 1. The van der Waals surface area contributed by atoms with Crippen LogP contribution in [-0.2, 0) is 16.0 Å². The number of methoxy groups -OCH3 is 1. The Balaban J connectivity index is 1.69. The van der Waals surface area contributed by atoms with Crippen molar-refractivity contribution in [2.45, 2.75) is 13.3 Å². The molecule has 0 aliphatic carbocycles. The topological polar surface area (TPSA) is 68.4 Å². The van der Waals surface area contributed by atoms with Crippen LogP contribution in [0.2, 0.25) is 5.02 Å². The number of esters is 1. The van der Waals surface area contributed by atoms with Gasteiger partial charge in [-0.3, -0.25) is 9.59 Å². The highest BCUT2D eigenvalue weighted by Gasteiger charge is 2.18. The average Bonchev–Trinajstić information content (AvgIpc) is 2.95. The molecule has 1 N–H and O–H groups in total. The molecule has 0 aliphatic rings. The zero-order chi connectivity index (χ0) is 18.7. The highest BCUT2D eigenvalue weighted by atomic mass is 35.5. The second kappa shape index (κ2) is 7.62. The lowest BCUT2D eigenvalue weighted by atomic mass is 10.1.